The SMILES string of the molecule is CCCOc1ccc(CN2CCCC(CO)C2)cc1OC. The largest absolute Gasteiger partial charge is 0.493 e. The molecule has 1 fully saturated rings. The molecule has 0 aromatic heterocycles. The number of methoxy groups -OCH3 is 1. The molecule has 4 nitrogen and oxygen atoms in total. The van der Waals surface area contributed by atoms with Gasteiger partial charge in [0, 0.05) is 19.7 Å². The Balaban J connectivity index is 1.99. The second-order valence-corrected chi connectivity index (χ2v) is 5.76. The number of hydrogen-bond acceptors (Lipinski definition) is 4. The summed E-state index contributed by atoms with van der Waals surface area (Å²) in [7, 11) is 1.68. The van der Waals surface area contributed by atoms with E-state index < -0.39 is 0 Å². The van der Waals surface area contributed by atoms with Crippen LogP contribution >= 0.6 is 0 Å². The molecule has 1 aromatic carbocycles. The highest BCUT2D eigenvalue weighted by atomic mass is 16.5. The molecule has 118 valence electrons. The van der Waals surface area contributed by atoms with Gasteiger partial charge in [-0.2, -0.15) is 0 Å². The van der Waals surface area contributed by atoms with E-state index in [2.05, 4.69) is 24.0 Å². The Hall–Kier alpha value is -1.26. The molecule has 1 aromatic rings. The Kier molecular flexibility index (Phi) is 6.33. The number of likely N-dealkylation sites (tertiary alicyclic amines) is 1. The van der Waals surface area contributed by atoms with Gasteiger partial charge in [-0.25, -0.2) is 0 Å². The molecular formula is C17H27NO3. The fourth-order valence-corrected chi connectivity index (χ4v) is 2.84. The van der Waals surface area contributed by atoms with Crippen LogP contribution < -0.4 is 9.47 Å². The third-order valence-electron chi connectivity index (χ3n) is 3.96. The van der Waals surface area contributed by atoms with Gasteiger partial charge in [0.05, 0.1) is 13.7 Å². The summed E-state index contributed by atoms with van der Waals surface area (Å²) in [4.78, 5) is 2.41. The van der Waals surface area contributed by atoms with E-state index in [1.165, 1.54) is 12.0 Å². The Morgan fingerprint density at radius 1 is 1.33 bits per heavy atom. The van der Waals surface area contributed by atoms with E-state index in [1.807, 2.05) is 6.07 Å². The molecule has 2 rings (SSSR count). The second-order valence-electron chi connectivity index (χ2n) is 5.76. The minimum atomic E-state index is 0.295. The predicted octanol–water partition coefficient (Wildman–Crippen LogP) is 2.69. The number of piperidine rings is 1. The zero-order chi connectivity index (χ0) is 15.1. The first-order valence-corrected chi connectivity index (χ1v) is 7.89. The zero-order valence-electron chi connectivity index (χ0n) is 13.2. The van der Waals surface area contributed by atoms with Gasteiger partial charge in [-0.15, -0.1) is 0 Å². The standard InChI is InChI=1S/C17H27NO3/c1-3-9-21-16-7-6-14(10-17(16)20-2)11-18-8-4-5-15(12-18)13-19/h6-7,10,15,19H,3-5,8-9,11-13H2,1-2H3. The van der Waals surface area contributed by atoms with Crippen molar-refractivity contribution in [2.24, 2.45) is 5.92 Å². The summed E-state index contributed by atoms with van der Waals surface area (Å²) < 4.78 is 11.1. The smallest absolute Gasteiger partial charge is 0.161 e. The molecule has 1 heterocycles. The van der Waals surface area contributed by atoms with Crippen molar-refractivity contribution in [1.29, 1.82) is 0 Å². The highest BCUT2D eigenvalue weighted by Gasteiger charge is 2.19. The van der Waals surface area contributed by atoms with Crippen LogP contribution in [0.3, 0.4) is 0 Å². The van der Waals surface area contributed by atoms with Gasteiger partial charge in [0.2, 0.25) is 0 Å². The number of ether oxygens (including phenoxy) is 2. The fraction of sp³-hybridized carbons (Fsp3) is 0.647. The molecule has 0 radical (unpaired) electrons. The lowest BCUT2D eigenvalue weighted by Crippen LogP contribution is -2.36. The number of aliphatic hydroxyl groups is 1. The zero-order valence-corrected chi connectivity index (χ0v) is 13.2. The monoisotopic (exact) mass is 293 g/mol. The molecule has 0 bridgehead atoms. The topological polar surface area (TPSA) is 41.9 Å². The highest BCUT2D eigenvalue weighted by Crippen LogP contribution is 2.29. The number of aliphatic hydroxyl groups excluding tert-OH is 1. The quantitative estimate of drug-likeness (QED) is 0.839. The lowest BCUT2D eigenvalue weighted by Gasteiger charge is -2.31. The van der Waals surface area contributed by atoms with Gasteiger partial charge >= 0.3 is 0 Å². The number of benzene rings is 1. The predicted molar refractivity (Wildman–Crippen MR) is 83.9 cm³/mol. The molecule has 1 saturated heterocycles. The molecule has 1 N–H and O–H groups in total. The summed E-state index contributed by atoms with van der Waals surface area (Å²) in [5.74, 6) is 2.04. The van der Waals surface area contributed by atoms with Crippen molar-refractivity contribution in [1.82, 2.24) is 4.90 Å². The van der Waals surface area contributed by atoms with Gasteiger partial charge in [0.25, 0.3) is 0 Å². The minimum Gasteiger partial charge on any atom is -0.493 e. The first-order valence-electron chi connectivity index (χ1n) is 7.89. The van der Waals surface area contributed by atoms with Crippen LogP contribution in [-0.4, -0.2) is 43.4 Å². The number of nitrogens with zero attached hydrogens (tertiary/aromatic N) is 1. The van der Waals surface area contributed by atoms with E-state index in [9.17, 15) is 5.11 Å². The first kappa shape index (κ1) is 16.1. The van der Waals surface area contributed by atoms with Crippen molar-refractivity contribution < 1.29 is 14.6 Å². The van der Waals surface area contributed by atoms with E-state index >= 15 is 0 Å². The van der Waals surface area contributed by atoms with Crippen molar-refractivity contribution in [2.75, 3.05) is 33.4 Å². The van der Waals surface area contributed by atoms with Gasteiger partial charge in [-0.1, -0.05) is 13.0 Å². The van der Waals surface area contributed by atoms with Crippen LogP contribution in [0.4, 0.5) is 0 Å². The van der Waals surface area contributed by atoms with E-state index in [1.54, 1.807) is 7.11 Å². The third kappa shape index (κ3) is 4.61. The lowest BCUT2D eigenvalue weighted by atomic mass is 9.98. The first-order chi connectivity index (χ1) is 10.3. The van der Waals surface area contributed by atoms with Gasteiger partial charge in [0.15, 0.2) is 11.5 Å². The number of rotatable bonds is 7. The van der Waals surface area contributed by atoms with Crippen molar-refractivity contribution in [3.63, 3.8) is 0 Å². The maximum atomic E-state index is 9.31. The average molecular weight is 293 g/mol. The Bertz CT molecular complexity index is 436. The Morgan fingerprint density at radius 3 is 2.90 bits per heavy atom. The fourth-order valence-electron chi connectivity index (χ4n) is 2.84. The van der Waals surface area contributed by atoms with Crippen LogP contribution in [0, 0.1) is 5.92 Å². The van der Waals surface area contributed by atoms with E-state index in [-0.39, 0.29) is 0 Å². The van der Waals surface area contributed by atoms with Gasteiger partial charge < -0.3 is 14.6 Å². The molecule has 0 saturated carbocycles. The molecule has 1 aliphatic heterocycles. The molecule has 4 heteroatoms. The van der Waals surface area contributed by atoms with E-state index in [0.717, 1.165) is 44.0 Å². The molecule has 1 aliphatic rings. The van der Waals surface area contributed by atoms with Crippen molar-refractivity contribution in [3.05, 3.63) is 23.8 Å². The maximum absolute atomic E-state index is 9.31. The maximum Gasteiger partial charge on any atom is 0.161 e. The van der Waals surface area contributed by atoms with Crippen LogP contribution in [0.15, 0.2) is 18.2 Å². The second kappa shape index (κ2) is 8.25. The highest BCUT2D eigenvalue weighted by molar-refractivity contribution is 5.43. The van der Waals surface area contributed by atoms with Gasteiger partial charge in [-0.3, -0.25) is 4.90 Å². The van der Waals surface area contributed by atoms with Gasteiger partial charge in [0.1, 0.15) is 0 Å². The molecule has 1 unspecified atom stereocenters. The number of hydrogen-bond donors (Lipinski definition) is 1. The summed E-state index contributed by atoms with van der Waals surface area (Å²) in [6, 6.07) is 6.17. The molecule has 21 heavy (non-hydrogen) atoms. The Morgan fingerprint density at radius 2 is 2.19 bits per heavy atom. The molecule has 0 spiro atoms. The summed E-state index contributed by atoms with van der Waals surface area (Å²) in [6.45, 7) is 6.08. The van der Waals surface area contributed by atoms with Crippen LogP contribution in [0.1, 0.15) is 31.7 Å². The molecule has 1 atom stereocenters. The van der Waals surface area contributed by atoms with Crippen LogP contribution in [0.25, 0.3) is 0 Å². The average Bonchev–Trinajstić information content (AvgIpc) is 2.53. The van der Waals surface area contributed by atoms with Crippen LogP contribution in [0.5, 0.6) is 11.5 Å². The summed E-state index contributed by atoms with van der Waals surface area (Å²) in [5.41, 5.74) is 1.23. The van der Waals surface area contributed by atoms with E-state index in [4.69, 9.17) is 9.47 Å². The normalized spacial score (nSPS) is 19.5. The third-order valence-corrected chi connectivity index (χ3v) is 3.96. The lowest BCUT2D eigenvalue weighted by molar-refractivity contribution is 0.116. The summed E-state index contributed by atoms with van der Waals surface area (Å²) >= 11 is 0. The van der Waals surface area contributed by atoms with Crippen LogP contribution in [-0.2, 0) is 6.54 Å². The van der Waals surface area contributed by atoms with E-state index in [0.29, 0.717) is 19.1 Å². The minimum absolute atomic E-state index is 0.295. The molecule has 0 amide bonds. The van der Waals surface area contributed by atoms with Crippen molar-refractivity contribution in [3.8, 4) is 11.5 Å². The Labute approximate surface area is 127 Å². The van der Waals surface area contributed by atoms with Crippen molar-refractivity contribution in [2.45, 2.75) is 32.7 Å². The molecule has 0 aliphatic carbocycles. The van der Waals surface area contributed by atoms with Crippen LogP contribution in [0.2, 0.25) is 0 Å². The van der Waals surface area contributed by atoms with Gasteiger partial charge in [-0.05, 0) is 49.4 Å². The molecular weight excluding hydrogens is 266 g/mol. The van der Waals surface area contributed by atoms with Crippen molar-refractivity contribution >= 4 is 0 Å². The summed E-state index contributed by atoms with van der Waals surface area (Å²) in [5, 5.41) is 9.31. The summed E-state index contributed by atoms with van der Waals surface area (Å²) in [6.07, 6.45) is 3.29.